The first-order chi connectivity index (χ1) is 10.5. The molecule has 1 unspecified atom stereocenters. The predicted octanol–water partition coefficient (Wildman–Crippen LogP) is 3.51. The molecule has 1 atom stereocenters. The summed E-state index contributed by atoms with van der Waals surface area (Å²) in [5, 5.41) is 3.56. The van der Waals surface area contributed by atoms with Crippen molar-refractivity contribution in [1.29, 1.82) is 0 Å². The number of rotatable bonds is 4. The van der Waals surface area contributed by atoms with Gasteiger partial charge in [-0.25, -0.2) is 4.79 Å². The van der Waals surface area contributed by atoms with Gasteiger partial charge in [0.25, 0.3) is 0 Å². The fourth-order valence-electron chi connectivity index (χ4n) is 2.43. The van der Waals surface area contributed by atoms with Gasteiger partial charge in [0.1, 0.15) is 11.4 Å². The quantitative estimate of drug-likeness (QED) is 0.518. The lowest BCUT2D eigenvalue weighted by Crippen LogP contribution is -2.29. The highest BCUT2D eigenvalue weighted by Crippen LogP contribution is 2.39. The molecule has 22 heavy (non-hydrogen) atoms. The molecular weight excluding hydrogens is 325 g/mol. The predicted molar refractivity (Wildman–Crippen MR) is 85.6 cm³/mol. The Morgan fingerprint density at radius 1 is 1.41 bits per heavy atom. The van der Waals surface area contributed by atoms with Crippen LogP contribution in [0.15, 0.2) is 46.3 Å². The van der Waals surface area contributed by atoms with Crippen LogP contribution in [0.4, 0.5) is 0 Å². The molecule has 0 fully saturated rings. The van der Waals surface area contributed by atoms with E-state index in [2.05, 4.69) is 5.32 Å². The molecule has 0 radical (unpaired) electrons. The lowest BCUT2D eigenvalue weighted by Gasteiger charge is -2.28. The summed E-state index contributed by atoms with van der Waals surface area (Å²) in [5.41, 5.74) is 1.89. The van der Waals surface area contributed by atoms with E-state index >= 15 is 0 Å². The summed E-state index contributed by atoms with van der Waals surface area (Å²) in [4.78, 5) is 23.8. The zero-order chi connectivity index (χ0) is 16.3. The summed E-state index contributed by atoms with van der Waals surface area (Å²) in [6.07, 6.45) is 0.645. The second-order valence-electron chi connectivity index (χ2n) is 4.76. The van der Waals surface area contributed by atoms with Crippen molar-refractivity contribution in [1.82, 2.24) is 5.32 Å². The van der Waals surface area contributed by atoms with Gasteiger partial charge in [0.15, 0.2) is 0 Å². The third-order valence-corrected chi connectivity index (χ3v) is 3.91. The number of aldehydes is 1. The lowest BCUT2D eigenvalue weighted by molar-refractivity contribution is -0.138. The molecule has 4 nitrogen and oxygen atoms in total. The number of hydrogen-bond acceptors (Lipinski definition) is 4. The van der Waals surface area contributed by atoms with Crippen LogP contribution < -0.4 is 5.32 Å². The van der Waals surface area contributed by atoms with Crippen LogP contribution >= 0.6 is 23.2 Å². The van der Waals surface area contributed by atoms with Crippen molar-refractivity contribution in [3.63, 3.8) is 0 Å². The van der Waals surface area contributed by atoms with Crippen LogP contribution in [0, 0.1) is 0 Å². The topological polar surface area (TPSA) is 55.4 Å². The van der Waals surface area contributed by atoms with Gasteiger partial charge < -0.3 is 10.1 Å². The summed E-state index contributed by atoms with van der Waals surface area (Å²) in [5.74, 6) is -1.09. The van der Waals surface area contributed by atoms with Crippen molar-refractivity contribution < 1.29 is 14.3 Å². The van der Waals surface area contributed by atoms with Crippen molar-refractivity contribution in [2.75, 3.05) is 6.61 Å². The minimum atomic E-state index is -0.607. The van der Waals surface area contributed by atoms with Crippen LogP contribution in [0.2, 0.25) is 5.02 Å². The van der Waals surface area contributed by atoms with Crippen LogP contribution in [-0.4, -0.2) is 18.9 Å². The number of nitrogens with one attached hydrogen (secondary N) is 1. The minimum absolute atomic E-state index is 0.200. The average molecular weight is 340 g/mol. The Morgan fingerprint density at radius 2 is 2.14 bits per heavy atom. The van der Waals surface area contributed by atoms with E-state index in [0.29, 0.717) is 28.1 Å². The Hall–Kier alpha value is -1.78. The van der Waals surface area contributed by atoms with Gasteiger partial charge in [0.05, 0.1) is 12.2 Å². The van der Waals surface area contributed by atoms with E-state index in [4.69, 9.17) is 27.9 Å². The maximum absolute atomic E-state index is 12.3. The maximum Gasteiger partial charge on any atom is 0.336 e. The number of benzene rings is 1. The molecular formula is C16H15Cl2NO3. The van der Waals surface area contributed by atoms with Gasteiger partial charge in [-0.15, -0.1) is 0 Å². The standard InChI is InChI=1S/C16H15Cl2NO3/c1-3-22-16(21)13-9(2)19-15(18)12(8-20)14(13)10-5-4-6-11(17)7-10/h4-8,14,19H,3H2,1-2H3. The highest BCUT2D eigenvalue weighted by Gasteiger charge is 2.34. The molecule has 116 valence electrons. The summed E-state index contributed by atoms with van der Waals surface area (Å²) in [6, 6.07) is 6.98. The van der Waals surface area contributed by atoms with Crippen molar-refractivity contribution in [2.45, 2.75) is 19.8 Å². The molecule has 0 spiro atoms. The summed E-state index contributed by atoms with van der Waals surface area (Å²) >= 11 is 12.2. The van der Waals surface area contributed by atoms with Crippen LogP contribution in [0.25, 0.3) is 0 Å². The summed E-state index contributed by atoms with van der Waals surface area (Å²) in [7, 11) is 0. The van der Waals surface area contributed by atoms with Gasteiger partial charge >= 0.3 is 5.97 Å². The number of allylic oxidation sites excluding steroid dienone is 2. The van der Waals surface area contributed by atoms with Crippen LogP contribution in [0.1, 0.15) is 25.3 Å². The number of hydrogen-bond donors (Lipinski definition) is 1. The highest BCUT2D eigenvalue weighted by atomic mass is 35.5. The molecule has 0 aliphatic carbocycles. The zero-order valence-electron chi connectivity index (χ0n) is 12.2. The van der Waals surface area contributed by atoms with Crippen LogP contribution in [0.3, 0.4) is 0 Å². The lowest BCUT2D eigenvalue weighted by atomic mass is 9.82. The molecule has 6 heteroatoms. The SMILES string of the molecule is CCOC(=O)C1=C(C)NC(Cl)=C(C=O)C1c1cccc(Cl)c1. The molecule has 0 amide bonds. The Kier molecular flexibility index (Phi) is 5.27. The fraction of sp³-hybridized carbons (Fsp3) is 0.250. The third kappa shape index (κ3) is 3.18. The number of carbonyl (C=O) groups is 2. The van der Waals surface area contributed by atoms with Crippen LogP contribution in [0.5, 0.6) is 0 Å². The summed E-state index contributed by atoms with van der Waals surface area (Å²) < 4.78 is 5.11. The van der Waals surface area contributed by atoms with E-state index in [1.165, 1.54) is 0 Å². The number of ether oxygens (including phenoxy) is 1. The van der Waals surface area contributed by atoms with E-state index in [1.807, 2.05) is 0 Å². The smallest absolute Gasteiger partial charge is 0.336 e. The van der Waals surface area contributed by atoms with Gasteiger partial charge in [-0.3, -0.25) is 4.79 Å². The third-order valence-electron chi connectivity index (χ3n) is 3.36. The van der Waals surface area contributed by atoms with Gasteiger partial charge in [-0.05, 0) is 31.5 Å². The van der Waals surface area contributed by atoms with E-state index < -0.39 is 11.9 Å². The number of halogens is 2. The molecule has 2 rings (SSSR count). The molecule has 1 aromatic carbocycles. The first kappa shape index (κ1) is 16.6. The van der Waals surface area contributed by atoms with Gasteiger partial charge in [0, 0.05) is 22.2 Å². The Bertz CT molecular complexity index is 680. The number of esters is 1. The van der Waals surface area contributed by atoms with Gasteiger partial charge in [-0.2, -0.15) is 0 Å². The van der Waals surface area contributed by atoms with Crippen molar-refractivity contribution in [2.24, 2.45) is 0 Å². The highest BCUT2D eigenvalue weighted by molar-refractivity contribution is 6.31. The zero-order valence-corrected chi connectivity index (χ0v) is 13.7. The Balaban J connectivity index is 2.61. The second kappa shape index (κ2) is 6.99. The van der Waals surface area contributed by atoms with Crippen molar-refractivity contribution in [3.8, 4) is 0 Å². The Morgan fingerprint density at radius 3 is 2.73 bits per heavy atom. The van der Waals surface area contributed by atoms with Crippen LogP contribution in [-0.2, 0) is 14.3 Å². The molecule has 1 aliphatic rings. The first-order valence-electron chi connectivity index (χ1n) is 6.74. The summed E-state index contributed by atoms with van der Waals surface area (Å²) in [6.45, 7) is 3.68. The molecule has 0 bridgehead atoms. The largest absolute Gasteiger partial charge is 0.463 e. The fourth-order valence-corrected chi connectivity index (χ4v) is 2.93. The molecule has 0 saturated heterocycles. The molecule has 1 heterocycles. The van der Waals surface area contributed by atoms with E-state index in [9.17, 15) is 9.59 Å². The normalized spacial score (nSPS) is 18.1. The molecule has 0 saturated carbocycles. The Labute approximate surface area is 138 Å². The van der Waals surface area contributed by atoms with E-state index in [-0.39, 0.29) is 17.3 Å². The molecule has 1 N–H and O–H groups in total. The van der Waals surface area contributed by atoms with E-state index in [0.717, 1.165) is 0 Å². The molecule has 0 aromatic heterocycles. The number of carbonyl (C=O) groups excluding carboxylic acids is 2. The monoisotopic (exact) mass is 339 g/mol. The maximum atomic E-state index is 12.3. The minimum Gasteiger partial charge on any atom is -0.463 e. The average Bonchev–Trinajstić information content (AvgIpc) is 2.46. The van der Waals surface area contributed by atoms with Gasteiger partial charge in [0.2, 0.25) is 0 Å². The molecule has 1 aliphatic heterocycles. The van der Waals surface area contributed by atoms with Gasteiger partial charge in [-0.1, -0.05) is 35.3 Å². The van der Waals surface area contributed by atoms with E-state index in [1.54, 1.807) is 38.1 Å². The number of dihydropyridines is 1. The first-order valence-corrected chi connectivity index (χ1v) is 7.50. The van der Waals surface area contributed by atoms with Crippen molar-refractivity contribution >= 4 is 35.5 Å². The van der Waals surface area contributed by atoms with Crippen molar-refractivity contribution in [3.05, 3.63) is 56.9 Å². The second-order valence-corrected chi connectivity index (χ2v) is 5.57. The molecule has 1 aromatic rings.